The van der Waals surface area contributed by atoms with Crippen LogP contribution in [0.3, 0.4) is 0 Å². The monoisotopic (exact) mass is 311 g/mol. The van der Waals surface area contributed by atoms with Crippen molar-refractivity contribution in [3.05, 3.63) is 54.1 Å². The standard InChI is InChI=1S/C18H21N3O2/c1-23-15-8-6-14(7-9-15)17-5-3-2-4-12-21(17)18(22)16-13-19-10-11-20-16/h6-11,13,17H,2-5,12H2,1H3. The van der Waals surface area contributed by atoms with Gasteiger partial charge in [-0.3, -0.25) is 9.78 Å². The Kier molecular flexibility index (Phi) is 4.86. The first-order valence-corrected chi connectivity index (χ1v) is 8.00. The highest BCUT2D eigenvalue weighted by atomic mass is 16.5. The van der Waals surface area contributed by atoms with Gasteiger partial charge in [0.05, 0.1) is 19.3 Å². The summed E-state index contributed by atoms with van der Waals surface area (Å²) in [5.74, 6) is 0.787. The maximum atomic E-state index is 12.9. The van der Waals surface area contributed by atoms with Gasteiger partial charge in [0, 0.05) is 18.9 Å². The highest BCUT2D eigenvalue weighted by Gasteiger charge is 2.28. The second-order valence-corrected chi connectivity index (χ2v) is 5.73. The Balaban J connectivity index is 1.89. The fourth-order valence-electron chi connectivity index (χ4n) is 3.08. The van der Waals surface area contributed by atoms with Gasteiger partial charge in [0.15, 0.2) is 0 Å². The van der Waals surface area contributed by atoms with Crippen molar-refractivity contribution in [2.45, 2.75) is 31.7 Å². The highest BCUT2D eigenvalue weighted by Crippen LogP contribution is 2.32. The lowest BCUT2D eigenvalue weighted by atomic mass is 10.0. The Labute approximate surface area is 136 Å². The van der Waals surface area contributed by atoms with Gasteiger partial charge in [0.25, 0.3) is 5.91 Å². The topological polar surface area (TPSA) is 55.3 Å². The SMILES string of the molecule is COc1ccc(C2CCCCCN2C(=O)c2cnccn2)cc1. The molecule has 0 aliphatic carbocycles. The van der Waals surface area contributed by atoms with E-state index in [2.05, 4.69) is 9.97 Å². The summed E-state index contributed by atoms with van der Waals surface area (Å²) >= 11 is 0. The van der Waals surface area contributed by atoms with Crippen molar-refractivity contribution in [1.29, 1.82) is 0 Å². The molecule has 5 nitrogen and oxygen atoms in total. The zero-order chi connectivity index (χ0) is 16.1. The van der Waals surface area contributed by atoms with Crippen LogP contribution in [0.25, 0.3) is 0 Å². The number of hydrogen-bond donors (Lipinski definition) is 0. The molecule has 0 spiro atoms. The van der Waals surface area contributed by atoms with Gasteiger partial charge in [-0.1, -0.05) is 25.0 Å². The van der Waals surface area contributed by atoms with Crippen molar-refractivity contribution >= 4 is 5.91 Å². The molecule has 0 radical (unpaired) electrons. The van der Waals surface area contributed by atoms with Gasteiger partial charge in [-0.2, -0.15) is 0 Å². The van der Waals surface area contributed by atoms with Gasteiger partial charge in [-0.15, -0.1) is 0 Å². The van der Waals surface area contributed by atoms with Gasteiger partial charge >= 0.3 is 0 Å². The van der Waals surface area contributed by atoms with E-state index in [-0.39, 0.29) is 11.9 Å². The Morgan fingerprint density at radius 2 is 2.00 bits per heavy atom. The number of amides is 1. The molecule has 0 bridgehead atoms. The van der Waals surface area contributed by atoms with Crippen LogP contribution >= 0.6 is 0 Å². The average Bonchev–Trinajstić information content (AvgIpc) is 2.88. The summed E-state index contributed by atoms with van der Waals surface area (Å²) in [5.41, 5.74) is 1.55. The summed E-state index contributed by atoms with van der Waals surface area (Å²) in [5, 5.41) is 0. The van der Waals surface area contributed by atoms with Gasteiger partial charge in [0.2, 0.25) is 0 Å². The number of carbonyl (C=O) groups excluding carboxylic acids is 1. The minimum atomic E-state index is -0.0409. The second-order valence-electron chi connectivity index (χ2n) is 5.73. The van der Waals surface area contributed by atoms with Crippen molar-refractivity contribution in [2.75, 3.05) is 13.7 Å². The Bertz CT molecular complexity index is 643. The van der Waals surface area contributed by atoms with Gasteiger partial charge in [0.1, 0.15) is 11.4 Å². The van der Waals surface area contributed by atoms with Crippen LogP contribution in [0.2, 0.25) is 0 Å². The third kappa shape index (κ3) is 3.50. The molecule has 1 saturated heterocycles. The van der Waals surface area contributed by atoms with Crippen molar-refractivity contribution in [2.24, 2.45) is 0 Å². The second kappa shape index (κ2) is 7.22. The Morgan fingerprint density at radius 1 is 1.17 bits per heavy atom. The predicted octanol–water partition coefficient (Wildman–Crippen LogP) is 3.24. The molecule has 1 aromatic heterocycles. The maximum Gasteiger partial charge on any atom is 0.274 e. The van der Waals surface area contributed by atoms with Crippen LogP contribution in [-0.2, 0) is 0 Å². The quantitative estimate of drug-likeness (QED) is 0.873. The number of likely N-dealkylation sites (tertiary alicyclic amines) is 1. The summed E-state index contributed by atoms with van der Waals surface area (Å²) in [7, 11) is 1.66. The third-order valence-electron chi connectivity index (χ3n) is 4.30. The normalized spacial score (nSPS) is 18.3. The molecule has 0 N–H and O–H groups in total. The molecule has 1 aliphatic rings. The molecule has 5 heteroatoms. The zero-order valence-electron chi connectivity index (χ0n) is 13.3. The molecule has 1 atom stereocenters. The Hall–Kier alpha value is -2.43. The summed E-state index contributed by atoms with van der Waals surface area (Å²) < 4.78 is 5.23. The van der Waals surface area contributed by atoms with Crippen LogP contribution in [0.4, 0.5) is 0 Å². The number of methoxy groups -OCH3 is 1. The van der Waals surface area contributed by atoms with E-state index in [1.165, 1.54) is 6.20 Å². The first kappa shape index (κ1) is 15.5. The van der Waals surface area contributed by atoms with E-state index in [1.54, 1.807) is 19.5 Å². The lowest BCUT2D eigenvalue weighted by Gasteiger charge is -2.30. The molecule has 3 rings (SSSR count). The van der Waals surface area contributed by atoms with Crippen LogP contribution in [0.1, 0.15) is 47.8 Å². The molecule has 2 aromatic rings. The Morgan fingerprint density at radius 3 is 2.70 bits per heavy atom. The molecule has 23 heavy (non-hydrogen) atoms. The van der Waals surface area contributed by atoms with E-state index in [0.29, 0.717) is 5.69 Å². The molecule has 0 saturated carbocycles. The number of ether oxygens (including phenoxy) is 1. The first-order chi connectivity index (χ1) is 11.3. The average molecular weight is 311 g/mol. The van der Waals surface area contributed by atoms with Crippen LogP contribution in [0.15, 0.2) is 42.9 Å². The van der Waals surface area contributed by atoms with Gasteiger partial charge in [-0.25, -0.2) is 4.98 Å². The summed E-state index contributed by atoms with van der Waals surface area (Å²) in [6.07, 6.45) is 8.96. The van der Waals surface area contributed by atoms with Crippen molar-refractivity contribution in [3.63, 3.8) is 0 Å². The number of carbonyl (C=O) groups is 1. The number of rotatable bonds is 3. The molecule has 1 amide bonds. The number of nitrogens with zero attached hydrogens (tertiary/aromatic N) is 3. The summed E-state index contributed by atoms with van der Waals surface area (Å²) in [4.78, 5) is 23.0. The minimum absolute atomic E-state index is 0.0409. The van der Waals surface area contributed by atoms with Crippen LogP contribution in [-0.4, -0.2) is 34.4 Å². The predicted molar refractivity (Wildman–Crippen MR) is 87.3 cm³/mol. The van der Waals surface area contributed by atoms with Crippen LogP contribution in [0.5, 0.6) is 5.75 Å². The fraction of sp³-hybridized carbons (Fsp3) is 0.389. The largest absolute Gasteiger partial charge is 0.497 e. The summed E-state index contributed by atoms with van der Waals surface area (Å²) in [6, 6.07) is 8.08. The van der Waals surface area contributed by atoms with E-state index in [9.17, 15) is 4.79 Å². The number of aromatic nitrogens is 2. The number of hydrogen-bond acceptors (Lipinski definition) is 4. The molecule has 2 heterocycles. The van der Waals surface area contributed by atoms with Gasteiger partial charge in [-0.05, 0) is 30.5 Å². The molecule has 1 aliphatic heterocycles. The van der Waals surface area contributed by atoms with Crippen molar-refractivity contribution < 1.29 is 9.53 Å². The van der Waals surface area contributed by atoms with Crippen molar-refractivity contribution in [3.8, 4) is 5.75 Å². The van der Waals surface area contributed by atoms with Gasteiger partial charge < -0.3 is 9.64 Å². The maximum absolute atomic E-state index is 12.9. The third-order valence-corrected chi connectivity index (χ3v) is 4.30. The smallest absolute Gasteiger partial charge is 0.274 e. The lowest BCUT2D eigenvalue weighted by Crippen LogP contribution is -2.35. The zero-order valence-corrected chi connectivity index (χ0v) is 13.3. The van der Waals surface area contributed by atoms with E-state index in [0.717, 1.165) is 43.5 Å². The molecule has 1 fully saturated rings. The molecule has 120 valence electrons. The lowest BCUT2D eigenvalue weighted by molar-refractivity contribution is 0.0674. The molecular weight excluding hydrogens is 290 g/mol. The van der Waals surface area contributed by atoms with Crippen LogP contribution < -0.4 is 4.74 Å². The first-order valence-electron chi connectivity index (χ1n) is 8.00. The van der Waals surface area contributed by atoms with E-state index in [4.69, 9.17) is 4.74 Å². The van der Waals surface area contributed by atoms with Crippen molar-refractivity contribution in [1.82, 2.24) is 14.9 Å². The number of benzene rings is 1. The van der Waals surface area contributed by atoms with Crippen LogP contribution in [0, 0.1) is 0 Å². The summed E-state index contributed by atoms with van der Waals surface area (Å²) in [6.45, 7) is 0.756. The molecule has 1 aromatic carbocycles. The van der Waals surface area contributed by atoms with E-state index in [1.807, 2.05) is 29.2 Å². The highest BCUT2D eigenvalue weighted by molar-refractivity contribution is 5.92. The van der Waals surface area contributed by atoms with E-state index < -0.39 is 0 Å². The molecule has 1 unspecified atom stereocenters. The molecular formula is C18H21N3O2. The fourth-order valence-corrected chi connectivity index (χ4v) is 3.08. The minimum Gasteiger partial charge on any atom is -0.497 e. The van der Waals surface area contributed by atoms with E-state index >= 15 is 0 Å².